The Morgan fingerprint density at radius 2 is 1.72 bits per heavy atom. The maximum atomic E-state index is 5.81. The molecule has 5 heteroatoms. The molecule has 0 spiro atoms. The molecule has 0 aromatic heterocycles. The number of thioether (sulfide) groups is 1. The summed E-state index contributed by atoms with van der Waals surface area (Å²) in [5.74, 6) is 2.91. The Bertz CT molecular complexity index is 402. The maximum absolute atomic E-state index is 5.81. The fraction of sp³-hybridized carbons (Fsp3) is 0.538. The lowest BCUT2D eigenvalue weighted by atomic mass is 10.1. The molecule has 0 saturated carbocycles. The third-order valence-electron chi connectivity index (χ3n) is 3.03. The minimum absolute atomic E-state index is 0.340. The average Bonchev–Trinajstić information content (AvgIpc) is 2.85. The zero-order valence-electron chi connectivity index (χ0n) is 11.1. The summed E-state index contributed by atoms with van der Waals surface area (Å²) in [6.07, 6.45) is 0. The first-order chi connectivity index (χ1) is 8.64. The van der Waals surface area contributed by atoms with Crippen LogP contribution in [0.3, 0.4) is 0 Å². The van der Waals surface area contributed by atoms with E-state index in [-0.39, 0.29) is 4.93 Å². The van der Waals surface area contributed by atoms with Gasteiger partial charge in [0.1, 0.15) is 4.93 Å². The summed E-state index contributed by atoms with van der Waals surface area (Å²) in [6, 6.07) is 3.89. The van der Waals surface area contributed by atoms with Crippen molar-refractivity contribution in [1.29, 1.82) is 0 Å². The predicted octanol–water partition coefficient (Wildman–Crippen LogP) is 2.65. The van der Waals surface area contributed by atoms with Crippen LogP contribution in [-0.2, 0) is 9.67 Å². The highest BCUT2D eigenvalue weighted by Crippen LogP contribution is 2.47. The molecule has 1 aliphatic rings. The minimum Gasteiger partial charge on any atom is -0.493 e. The zero-order chi connectivity index (χ0) is 13.2. The Kier molecular flexibility index (Phi) is 3.92. The molecule has 0 radical (unpaired) electrons. The van der Waals surface area contributed by atoms with Gasteiger partial charge >= 0.3 is 0 Å². The summed E-state index contributed by atoms with van der Waals surface area (Å²) < 4.78 is 21.8. The fourth-order valence-electron chi connectivity index (χ4n) is 2.02. The van der Waals surface area contributed by atoms with Crippen LogP contribution in [0, 0.1) is 0 Å². The molecule has 0 N–H and O–H groups in total. The van der Waals surface area contributed by atoms with Gasteiger partial charge in [0.2, 0.25) is 5.75 Å². The molecule has 100 valence electrons. The van der Waals surface area contributed by atoms with Gasteiger partial charge in [-0.3, -0.25) is 0 Å². The minimum atomic E-state index is -0.340. The Hall–Kier alpha value is -1.07. The maximum Gasteiger partial charge on any atom is 0.203 e. The second-order valence-electron chi connectivity index (χ2n) is 4.06. The summed E-state index contributed by atoms with van der Waals surface area (Å²) in [6.45, 7) is 2.82. The van der Waals surface area contributed by atoms with Crippen molar-refractivity contribution in [2.45, 2.75) is 11.9 Å². The second kappa shape index (κ2) is 5.28. The summed E-state index contributed by atoms with van der Waals surface area (Å²) >= 11 is 1.78. The Morgan fingerprint density at radius 3 is 2.11 bits per heavy atom. The Morgan fingerprint density at radius 1 is 1.11 bits per heavy atom. The van der Waals surface area contributed by atoms with Gasteiger partial charge in [0.05, 0.1) is 27.9 Å². The van der Waals surface area contributed by atoms with Gasteiger partial charge < -0.3 is 18.9 Å². The highest BCUT2D eigenvalue weighted by Gasteiger charge is 2.34. The van der Waals surface area contributed by atoms with Gasteiger partial charge in [-0.2, -0.15) is 0 Å². The van der Waals surface area contributed by atoms with Crippen molar-refractivity contribution in [3.05, 3.63) is 17.7 Å². The van der Waals surface area contributed by atoms with E-state index in [0.29, 0.717) is 17.2 Å². The first-order valence-electron chi connectivity index (χ1n) is 5.73. The largest absolute Gasteiger partial charge is 0.493 e. The standard InChI is InChI=1S/C13H18O4S/c1-13(17-5-6-18-13)9-7-10(14-2)12(16-4)11(8-9)15-3/h7-8H,5-6H2,1-4H3. The highest BCUT2D eigenvalue weighted by molar-refractivity contribution is 8.00. The van der Waals surface area contributed by atoms with Gasteiger partial charge in [0, 0.05) is 11.3 Å². The van der Waals surface area contributed by atoms with E-state index in [2.05, 4.69) is 6.92 Å². The van der Waals surface area contributed by atoms with Crippen LogP contribution >= 0.6 is 11.8 Å². The molecular formula is C13H18O4S. The van der Waals surface area contributed by atoms with Crippen molar-refractivity contribution >= 4 is 11.8 Å². The quantitative estimate of drug-likeness (QED) is 0.840. The number of methoxy groups -OCH3 is 3. The predicted molar refractivity (Wildman–Crippen MR) is 71.9 cm³/mol. The molecule has 1 atom stereocenters. The SMILES string of the molecule is COc1cc(C2(C)OCCS2)cc(OC)c1OC. The van der Waals surface area contributed by atoms with Crippen LogP contribution in [0.2, 0.25) is 0 Å². The van der Waals surface area contributed by atoms with Gasteiger partial charge in [-0.05, 0) is 19.1 Å². The number of hydrogen-bond acceptors (Lipinski definition) is 5. The van der Waals surface area contributed by atoms with Crippen LogP contribution in [0.4, 0.5) is 0 Å². The third-order valence-corrected chi connectivity index (χ3v) is 4.30. The van der Waals surface area contributed by atoms with E-state index in [1.165, 1.54) is 0 Å². The molecule has 0 aliphatic carbocycles. The van der Waals surface area contributed by atoms with Crippen molar-refractivity contribution in [2.75, 3.05) is 33.7 Å². The molecule has 1 aromatic rings. The molecule has 0 bridgehead atoms. The van der Waals surface area contributed by atoms with Crippen molar-refractivity contribution in [2.24, 2.45) is 0 Å². The second-order valence-corrected chi connectivity index (χ2v) is 5.53. The number of ether oxygens (including phenoxy) is 4. The van der Waals surface area contributed by atoms with E-state index in [1.807, 2.05) is 12.1 Å². The van der Waals surface area contributed by atoms with Gasteiger partial charge in [-0.15, -0.1) is 11.8 Å². The summed E-state index contributed by atoms with van der Waals surface area (Å²) in [7, 11) is 4.83. The van der Waals surface area contributed by atoms with Crippen molar-refractivity contribution in [3.63, 3.8) is 0 Å². The molecule has 1 aromatic carbocycles. The number of rotatable bonds is 4. The lowest BCUT2D eigenvalue weighted by molar-refractivity contribution is 0.0640. The van der Waals surface area contributed by atoms with Crippen molar-refractivity contribution < 1.29 is 18.9 Å². The zero-order valence-corrected chi connectivity index (χ0v) is 11.9. The lowest BCUT2D eigenvalue weighted by Crippen LogP contribution is -2.16. The molecule has 1 unspecified atom stereocenters. The van der Waals surface area contributed by atoms with Crippen LogP contribution < -0.4 is 14.2 Å². The van der Waals surface area contributed by atoms with Crippen LogP contribution in [0.25, 0.3) is 0 Å². The van der Waals surface area contributed by atoms with E-state index < -0.39 is 0 Å². The fourth-order valence-corrected chi connectivity index (χ4v) is 3.03. The van der Waals surface area contributed by atoms with Gasteiger partial charge in [-0.25, -0.2) is 0 Å². The van der Waals surface area contributed by atoms with Gasteiger partial charge in [0.15, 0.2) is 11.5 Å². The topological polar surface area (TPSA) is 36.9 Å². The summed E-state index contributed by atoms with van der Waals surface area (Å²) in [4.78, 5) is -0.340. The number of benzene rings is 1. The van der Waals surface area contributed by atoms with E-state index in [9.17, 15) is 0 Å². The van der Waals surface area contributed by atoms with Gasteiger partial charge in [-0.1, -0.05) is 0 Å². The third kappa shape index (κ3) is 2.24. The Balaban J connectivity index is 2.49. The molecule has 1 saturated heterocycles. The Labute approximate surface area is 112 Å². The van der Waals surface area contributed by atoms with Crippen molar-refractivity contribution in [3.8, 4) is 17.2 Å². The van der Waals surface area contributed by atoms with E-state index in [4.69, 9.17) is 18.9 Å². The van der Waals surface area contributed by atoms with Crippen LogP contribution in [0.5, 0.6) is 17.2 Å². The van der Waals surface area contributed by atoms with E-state index >= 15 is 0 Å². The smallest absolute Gasteiger partial charge is 0.203 e. The van der Waals surface area contributed by atoms with Crippen molar-refractivity contribution in [1.82, 2.24) is 0 Å². The van der Waals surface area contributed by atoms with Gasteiger partial charge in [0.25, 0.3) is 0 Å². The average molecular weight is 270 g/mol. The van der Waals surface area contributed by atoms with Crippen LogP contribution in [-0.4, -0.2) is 33.7 Å². The monoisotopic (exact) mass is 270 g/mol. The van der Waals surface area contributed by atoms with Crippen LogP contribution in [0.1, 0.15) is 12.5 Å². The summed E-state index contributed by atoms with van der Waals surface area (Å²) in [5, 5.41) is 0. The lowest BCUT2D eigenvalue weighted by Gasteiger charge is -2.24. The summed E-state index contributed by atoms with van der Waals surface area (Å²) in [5.41, 5.74) is 1.03. The molecule has 1 aliphatic heterocycles. The molecule has 18 heavy (non-hydrogen) atoms. The highest BCUT2D eigenvalue weighted by atomic mass is 32.2. The number of hydrogen-bond donors (Lipinski definition) is 0. The molecular weight excluding hydrogens is 252 g/mol. The normalized spacial score (nSPS) is 22.9. The first kappa shape index (κ1) is 13.4. The van der Waals surface area contributed by atoms with Crippen LogP contribution in [0.15, 0.2) is 12.1 Å². The first-order valence-corrected chi connectivity index (χ1v) is 6.71. The van der Waals surface area contributed by atoms with E-state index in [0.717, 1.165) is 17.9 Å². The molecule has 4 nitrogen and oxygen atoms in total. The molecule has 0 amide bonds. The molecule has 2 rings (SSSR count). The molecule has 1 heterocycles. The molecule has 1 fully saturated rings. The van der Waals surface area contributed by atoms with E-state index in [1.54, 1.807) is 33.1 Å².